The molecule has 9 nitrogen and oxygen atoms in total. The molecule has 214 valence electrons. The quantitative estimate of drug-likeness (QED) is 0.428. The lowest BCUT2D eigenvalue weighted by Crippen LogP contribution is -2.48. The summed E-state index contributed by atoms with van der Waals surface area (Å²) in [4.78, 5) is 29.3. The first-order valence-electron chi connectivity index (χ1n) is 14.7. The molecule has 5 rings (SSSR count). The maximum absolute atomic E-state index is 13.3. The first kappa shape index (κ1) is 28.9. The minimum atomic E-state index is -0.184. The Hall–Kier alpha value is -2.58. The molecule has 3 heterocycles. The molecule has 1 N–H and O–H groups in total. The Morgan fingerprint density at radius 1 is 1.02 bits per heavy atom. The molecule has 0 bridgehead atoms. The SMILES string of the molecule is CN1CCC(CN2CCN(Cc3ccc(C(=O)NN(CC4CCCC4)c4nc(C#N)ncc4Br)cc3)CC2)CC1. The third kappa shape index (κ3) is 7.78. The normalized spacial score (nSPS) is 19.9. The highest BCUT2D eigenvalue weighted by atomic mass is 79.9. The van der Waals surface area contributed by atoms with Gasteiger partial charge in [0.05, 0.1) is 4.47 Å². The van der Waals surface area contributed by atoms with Gasteiger partial charge in [0, 0.05) is 57.6 Å². The van der Waals surface area contributed by atoms with Crippen LogP contribution in [0, 0.1) is 23.2 Å². The van der Waals surface area contributed by atoms with E-state index in [0.29, 0.717) is 28.3 Å². The molecule has 1 amide bonds. The number of benzene rings is 1. The van der Waals surface area contributed by atoms with Crippen LogP contribution in [0.3, 0.4) is 0 Å². The smallest absolute Gasteiger partial charge is 0.269 e. The Kier molecular flexibility index (Phi) is 10.0. The summed E-state index contributed by atoms with van der Waals surface area (Å²) in [5, 5.41) is 11.1. The van der Waals surface area contributed by atoms with Gasteiger partial charge < -0.3 is 9.80 Å². The minimum absolute atomic E-state index is 0.0795. The topological polar surface area (TPSA) is 91.6 Å². The van der Waals surface area contributed by atoms with Gasteiger partial charge in [-0.1, -0.05) is 25.0 Å². The summed E-state index contributed by atoms with van der Waals surface area (Å²) in [7, 11) is 2.23. The maximum Gasteiger partial charge on any atom is 0.269 e. The summed E-state index contributed by atoms with van der Waals surface area (Å²) in [6.45, 7) is 9.71. The zero-order valence-electron chi connectivity index (χ0n) is 23.6. The molecule has 1 aromatic heterocycles. The summed E-state index contributed by atoms with van der Waals surface area (Å²) in [6, 6.07) is 9.94. The minimum Gasteiger partial charge on any atom is -0.306 e. The first-order chi connectivity index (χ1) is 19.5. The highest BCUT2D eigenvalue weighted by Gasteiger charge is 2.25. The number of nitrogens with one attached hydrogen (secondary N) is 1. The molecular formula is C30H41BrN8O. The van der Waals surface area contributed by atoms with Crippen molar-refractivity contribution >= 4 is 27.7 Å². The van der Waals surface area contributed by atoms with Crippen molar-refractivity contribution in [3.05, 3.63) is 51.9 Å². The Labute approximate surface area is 246 Å². The average Bonchev–Trinajstić information content (AvgIpc) is 3.49. The number of hydrogen-bond acceptors (Lipinski definition) is 8. The number of rotatable bonds is 9. The number of carbonyl (C=O) groups is 1. The lowest BCUT2D eigenvalue weighted by atomic mass is 9.96. The van der Waals surface area contributed by atoms with Gasteiger partial charge in [-0.05, 0) is 91.3 Å². The Balaban J connectivity index is 1.15. The van der Waals surface area contributed by atoms with Crippen LogP contribution in [0.15, 0.2) is 34.9 Å². The average molecular weight is 610 g/mol. The summed E-state index contributed by atoms with van der Waals surface area (Å²) in [6.07, 6.45) is 8.88. The van der Waals surface area contributed by atoms with E-state index in [1.807, 2.05) is 18.2 Å². The van der Waals surface area contributed by atoms with E-state index in [1.165, 1.54) is 50.9 Å². The number of hydrogen-bond donors (Lipinski definition) is 1. The monoisotopic (exact) mass is 608 g/mol. The van der Waals surface area contributed by atoms with Gasteiger partial charge in [-0.3, -0.25) is 20.1 Å². The second-order valence-corrected chi connectivity index (χ2v) is 12.6. The zero-order valence-corrected chi connectivity index (χ0v) is 25.2. The first-order valence-corrected chi connectivity index (χ1v) is 15.5. The Bertz CT molecular complexity index is 1160. The standard InChI is InChI=1S/C30H41BrN8O/c1-36-12-10-25(11-13-36)21-38-16-14-37(15-17-38)20-24-6-8-26(9-7-24)30(40)35-39(22-23-4-2-3-5-23)29-27(31)19-33-28(18-32)34-29/h6-9,19,23,25H,2-5,10-17,20-22H2,1H3,(H,35,40). The van der Waals surface area contributed by atoms with Gasteiger partial charge in [0.1, 0.15) is 6.07 Å². The van der Waals surface area contributed by atoms with Crippen molar-refractivity contribution in [2.24, 2.45) is 11.8 Å². The number of amides is 1. The van der Waals surface area contributed by atoms with E-state index in [4.69, 9.17) is 0 Å². The molecular weight excluding hydrogens is 568 g/mol. The number of aromatic nitrogens is 2. The predicted octanol–water partition coefficient (Wildman–Crippen LogP) is 3.91. The predicted molar refractivity (Wildman–Crippen MR) is 160 cm³/mol. The van der Waals surface area contributed by atoms with Gasteiger partial charge in [0.15, 0.2) is 5.82 Å². The number of hydrazine groups is 1. The molecule has 0 unspecified atom stereocenters. The number of carbonyl (C=O) groups excluding carboxylic acids is 1. The number of nitriles is 1. The molecule has 1 aromatic carbocycles. The van der Waals surface area contributed by atoms with E-state index in [1.54, 1.807) is 11.2 Å². The molecule has 40 heavy (non-hydrogen) atoms. The van der Waals surface area contributed by atoms with Crippen LogP contribution < -0.4 is 10.4 Å². The number of nitrogens with zero attached hydrogens (tertiary/aromatic N) is 7. The molecule has 3 fully saturated rings. The Morgan fingerprint density at radius 3 is 2.38 bits per heavy atom. The molecule has 0 radical (unpaired) electrons. The fourth-order valence-electron chi connectivity index (χ4n) is 6.18. The van der Waals surface area contributed by atoms with Crippen LogP contribution in [-0.4, -0.2) is 90.0 Å². The van der Waals surface area contributed by atoms with Gasteiger partial charge in [-0.25, -0.2) is 4.98 Å². The van der Waals surface area contributed by atoms with Crippen molar-refractivity contribution in [3.63, 3.8) is 0 Å². The summed E-state index contributed by atoms with van der Waals surface area (Å²) in [5.41, 5.74) is 4.88. The molecule has 3 aliphatic rings. The second kappa shape index (κ2) is 13.9. The van der Waals surface area contributed by atoms with Crippen LogP contribution in [0.1, 0.15) is 60.3 Å². The van der Waals surface area contributed by atoms with Crippen LogP contribution in [0.2, 0.25) is 0 Å². The molecule has 2 aliphatic heterocycles. The summed E-state index contributed by atoms with van der Waals surface area (Å²) >= 11 is 3.51. The van der Waals surface area contributed by atoms with E-state index >= 15 is 0 Å². The largest absolute Gasteiger partial charge is 0.306 e. The van der Waals surface area contributed by atoms with Crippen LogP contribution >= 0.6 is 15.9 Å². The Morgan fingerprint density at radius 2 is 1.70 bits per heavy atom. The van der Waals surface area contributed by atoms with E-state index in [9.17, 15) is 10.1 Å². The fraction of sp³-hybridized carbons (Fsp3) is 0.600. The van der Waals surface area contributed by atoms with Gasteiger partial charge >= 0.3 is 0 Å². The number of piperidine rings is 1. The van der Waals surface area contributed by atoms with Gasteiger partial charge in [0.25, 0.3) is 5.91 Å². The number of piperazine rings is 1. The van der Waals surface area contributed by atoms with Crippen LogP contribution in [0.4, 0.5) is 5.82 Å². The van der Waals surface area contributed by atoms with Crippen LogP contribution in [-0.2, 0) is 6.54 Å². The van der Waals surface area contributed by atoms with E-state index < -0.39 is 0 Å². The van der Waals surface area contributed by atoms with Gasteiger partial charge in [0.2, 0.25) is 5.82 Å². The molecule has 2 saturated heterocycles. The third-order valence-corrected chi connectivity index (χ3v) is 9.23. The number of likely N-dealkylation sites (tertiary alicyclic amines) is 1. The van der Waals surface area contributed by atoms with Crippen LogP contribution in [0.5, 0.6) is 0 Å². The van der Waals surface area contributed by atoms with Crippen molar-refractivity contribution in [2.45, 2.75) is 45.1 Å². The van der Waals surface area contributed by atoms with Gasteiger partial charge in [-0.2, -0.15) is 10.2 Å². The summed E-state index contributed by atoms with van der Waals surface area (Å²) in [5.74, 6) is 1.73. The van der Waals surface area contributed by atoms with E-state index in [-0.39, 0.29) is 11.7 Å². The number of halogens is 1. The molecule has 0 atom stereocenters. The van der Waals surface area contributed by atoms with Crippen molar-refractivity contribution in [3.8, 4) is 6.07 Å². The van der Waals surface area contributed by atoms with E-state index in [0.717, 1.165) is 51.5 Å². The van der Waals surface area contributed by atoms with Crippen LogP contribution in [0.25, 0.3) is 0 Å². The number of anilines is 1. The maximum atomic E-state index is 13.3. The van der Waals surface area contributed by atoms with Gasteiger partial charge in [-0.15, -0.1) is 0 Å². The summed E-state index contributed by atoms with van der Waals surface area (Å²) < 4.78 is 0.645. The lowest BCUT2D eigenvalue weighted by Gasteiger charge is -2.38. The molecule has 0 spiro atoms. The molecule has 1 saturated carbocycles. The highest BCUT2D eigenvalue weighted by molar-refractivity contribution is 9.10. The van der Waals surface area contributed by atoms with Crippen molar-refractivity contribution in [1.82, 2.24) is 30.1 Å². The van der Waals surface area contributed by atoms with Crippen molar-refractivity contribution in [1.29, 1.82) is 5.26 Å². The zero-order chi connectivity index (χ0) is 27.9. The molecule has 10 heteroatoms. The molecule has 1 aliphatic carbocycles. The van der Waals surface area contributed by atoms with Crippen molar-refractivity contribution in [2.75, 3.05) is 64.4 Å². The highest BCUT2D eigenvalue weighted by Crippen LogP contribution is 2.29. The van der Waals surface area contributed by atoms with E-state index in [2.05, 4.69) is 65.2 Å². The third-order valence-electron chi connectivity index (χ3n) is 8.68. The second-order valence-electron chi connectivity index (χ2n) is 11.7. The lowest BCUT2D eigenvalue weighted by molar-refractivity contribution is 0.0945. The van der Waals surface area contributed by atoms with Crippen molar-refractivity contribution < 1.29 is 4.79 Å². The fourth-order valence-corrected chi connectivity index (χ4v) is 6.59. The molecule has 2 aromatic rings.